The van der Waals surface area contributed by atoms with Gasteiger partial charge in [0, 0.05) is 5.69 Å². The number of hydrogen-bond donors (Lipinski definition) is 1. The zero-order chi connectivity index (χ0) is 25.7. The fraction of sp³-hybridized carbons (Fsp3) is 0.346. The third-order valence-electron chi connectivity index (χ3n) is 5.20. The van der Waals surface area contributed by atoms with Crippen LogP contribution in [-0.2, 0) is 9.59 Å². The van der Waals surface area contributed by atoms with E-state index >= 15 is 0 Å². The van der Waals surface area contributed by atoms with Gasteiger partial charge in [-0.2, -0.15) is 0 Å². The van der Waals surface area contributed by atoms with Crippen molar-refractivity contribution in [2.24, 2.45) is 0 Å². The summed E-state index contributed by atoms with van der Waals surface area (Å²) in [7, 11) is 0. The molecule has 0 spiro atoms. The van der Waals surface area contributed by atoms with Crippen molar-refractivity contribution < 1.29 is 23.9 Å². The molecule has 35 heavy (non-hydrogen) atoms. The molecule has 1 saturated heterocycles. The van der Waals surface area contributed by atoms with Crippen LogP contribution in [0.2, 0.25) is 0 Å². The van der Waals surface area contributed by atoms with Crippen LogP contribution in [-0.4, -0.2) is 41.7 Å². The predicted molar refractivity (Wildman–Crippen MR) is 143 cm³/mol. The second-order valence-electron chi connectivity index (χ2n) is 8.20. The van der Waals surface area contributed by atoms with Crippen molar-refractivity contribution in [3.8, 4) is 11.5 Å². The quantitative estimate of drug-likeness (QED) is 0.365. The van der Waals surface area contributed by atoms with E-state index in [0.29, 0.717) is 40.4 Å². The molecule has 186 valence electrons. The maximum Gasteiger partial charge on any atom is 0.294 e. The summed E-state index contributed by atoms with van der Waals surface area (Å²) in [4.78, 5) is 39.4. The van der Waals surface area contributed by atoms with Crippen molar-refractivity contribution in [3.05, 3.63) is 55.9 Å². The average molecular weight is 561 g/mol. The number of rotatable bonds is 9. The molecule has 0 unspecified atom stereocenters. The first-order chi connectivity index (χ1) is 16.6. The molecule has 3 amide bonds. The SMILES string of the molecule is CCCOc1c(Br)cc(/C=C2\SC(=O)N(CC(=O)Nc3c(C)cc(C)cc3C)C2=O)cc1OCC. The van der Waals surface area contributed by atoms with E-state index in [2.05, 4.69) is 21.2 Å². The molecule has 0 bridgehead atoms. The van der Waals surface area contributed by atoms with Gasteiger partial charge in [0.1, 0.15) is 6.54 Å². The summed E-state index contributed by atoms with van der Waals surface area (Å²) in [6.07, 6.45) is 2.47. The van der Waals surface area contributed by atoms with Crippen LogP contribution in [0.3, 0.4) is 0 Å². The number of hydrogen-bond acceptors (Lipinski definition) is 6. The lowest BCUT2D eigenvalue weighted by molar-refractivity contribution is -0.127. The minimum atomic E-state index is -0.507. The van der Waals surface area contributed by atoms with E-state index in [1.54, 1.807) is 18.2 Å². The molecule has 1 aliphatic heterocycles. The molecule has 1 aliphatic rings. The number of amides is 3. The number of carbonyl (C=O) groups is 3. The van der Waals surface area contributed by atoms with E-state index in [1.807, 2.05) is 46.8 Å². The highest BCUT2D eigenvalue weighted by Crippen LogP contribution is 2.39. The molecule has 2 aromatic carbocycles. The van der Waals surface area contributed by atoms with E-state index in [9.17, 15) is 14.4 Å². The van der Waals surface area contributed by atoms with Crippen molar-refractivity contribution in [3.63, 3.8) is 0 Å². The lowest BCUT2D eigenvalue weighted by Gasteiger charge is -2.16. The second-order valence-corrected chi connectivity index (χ2v) is 10.0. The van der Waals surface area contributed by atoms with Gasteiger partial charge in [-0.1, -0.05) is 24.6 Å². The molecule has 0 atom stereocenters. The van der Waals surface area contributed by atoms with Crippen molar-refractivity contribution in [2.45, 2.75) is 41.0 Å². The smallest absolute Gasteiger partial charge is 0.294 e. The Hall–Kier alpha value is -2.78. The minimum absolute atomic E-state index is 0.238. The second kappa shape index (κ2) is 11.8. The Morgan fingerprint density at radius 2 is 1.77 bits per heavy atom. The zero-order valence-corrected chi connectivity index (χ0v) is 22.9. The van der Waals surface area contributed by atoms with E-state index in [-0.39, 0.29) is 11.4 Å². The average Bonchev–Trinajstić information content (AvgIpc) is 3.03. The van der Waals surface area contributed by atoms with Gasteiger partial charge >= 0.3 is 0 Å². The van der Waals surface area contributed by atoms with Crippen LogP contribution in [0.4, 0.5) is 10.5 Å². The van der Waals surface area contributed by atoms with Crippen molar-refractivity contribution in [1.82, 2.24) is 4.90 Å². The van der Waals surface area contributed by atoms with Gasteiger partial charge in [0.2, 0.25) is 5.91 Å². The third-order valence-corrected chi connectivity index (χ3v) is 6.69. The summed E-state index contributed by atoms with van der Waals surface area (Å²) >= 11 is 4.32. The topological polar surface area (TPSA) is 84.9 Å². The van der Waals surface area contributed by atoms with Gasteiger partial charge in [0.25, 0.3) is 11.1 Å². The fourth-order valence-electron chi connectivity index (χ4n) is 3.77. The summed E-state index contributed by atoms with van der Waals surface area (Å²) in [5.74, 6) is 0.205. The number of carbonyl (C=O) groups excluding carboxylic acids is 3. The number of nitrogens with one attached hydrogen (secondary N) is 1. The summed E-state index contributed by atoms with van der Waals surface area (Å²) in [5.41, 5.74) is 4.31. The fourth-order valence-corrected chi connectivity index (χ4v) is 5.18. The van der Waals surface area contributed by atoms with Crippen molar-refractivity contribution in [2.75, 3.05) is 25.1 Å². The van der Waals surface area contributed by atoms with Crippen molar-refractivity contribution in [1.29, 1.82) is 0 Å². The molecule has 9 heteroatoms. The molecular formula is C26H29BrN2O5S. The van der Waals surface area contributed by atoms with Crippen LogP contribution in [0.25, 0.3) is 6.08 Å². The molecule has 0 saturated carbocycles. The lowest BCUT2D eigenvalue weighted by Crippen LogP contribution is -2.36. The summed E-state index contributed by atoms with van der Waals surface area (Å²) in [5, 5.41) is 2.35. The highest BCUT2D eigenvalue weighted by atomic mass is 79.9. The third kappa shape index (κ3) is 6.46. The lowest BCUT2D eigenvalue weighted by atomic mass is 10.1. The van der Waals surface area contributed by atoms with E-state index in [4.69, 9.17) is 9.47 Å². The van der Waals surface area contributed by atoms with Crippen LogP contribution >= 0.6 is 27.7 Å². The summed E-state index contributed by atoms with van der Waals surface area (Å²) in [6, 6.07) is 7.51. The maximum absolute atomic E-state index is 13.0. The van der Waals surface area contributed by atoms with Gasteiger partial charge in [-0.25, -0.2) is 0 Å². The van der Waals surface area contributed by atoms with Gasteiger partial charge in [-0.05, 0) is 96.7 Å². The summed E-state index contributed by atoms with van der Waals surface area (Å²) < 4.78 is 12.2. The molecule has 0 radical (unpaired) electrons. The maximum atomic E-state index is 13.0. The number of anilines is 1. The Morgan fingerprint density at radius 3 is 2.40 bits per heavy atom. The Bertz CT molecular complexity index is 1170. The first kappa shape index (κ1) is 26.8. The number of aryl methyl sites for hydroxylation is 3. The first-order valence-corrected chi connectivity index (χ1v) is 13.0. The highest BCUT2D eigenvalue weighted by Gasteiger charge is 2.36. The first-order valence-electron chi connectivity index (χ1n) is 11.4. The zero-order valence-electron chi connectivity index (χ0n) is 20.5. The number of imide groups is 1. The number of nitrogens with zero attached hydrogens (tertiary/aromatic N) is 1. The van der Waals surface area contributed by atoms with Gasteiger partial charge in [0.15, 0.2) is 11.5 Å². The molecule has 0 aromatic heterocycles. The molecule has 1 N–H and O–H groups in total. The van der Waals surface area contributed by atoms with Crippen LogP contribution in [0, 0.1) is 20.8 Å². The van der Waals surface area contributed by atoms with E-state index in [0.717, 1.165) is 39.8 Å². The number of halogens is 1. The molecule has 2 aromatic rings. The van der Waals surface area contributed by atoms with E-state index < -0.39 is 17.1 Å². The molecular weight excluding hydrogens is 532 g/mol. The Labute approximate surface area is 218 Å². The van der Waals surface area contributed by atoms with Gasteiger partial charge in [0.05, 0.1) is 22.6 Å². The van der Waals surface area contributed by atoms with Crippen molar-refractivity contribution >= 4 is 56.5 Å². The normalized spacial score (nSPS) is 14.6. The van der Waals surface area contributed by atoms with Crippen LogP contribution in [0.15, 0.2) is 33.6 Å². The molecule has 1 heterocycles. The van der Waals surface area contributed by atoms with E-state index in [1.165, 1.54) is 0 Å². The Morgan fingerprint density at radius 1 is 1.09 bits per heavy atom. The molecule has 0 aliphatic carbocycles. The van der Waals surface area contributed by atoms with Crippen LogP contribution in [0.5, 0.6) is 11.5 Å². The molecule has 7 nitrogen and oxygen atoms in total. The largest absolute Gasteiger partial charge is 0.490 e. The Balaban J connectivity index is 1.78. The highest BCUT2D eigenvalue weighted by molar-refractivity contribution is 9.10. The Kier molecular flexibility index (Phi) is 9.02. The van der Waals surface area contributed by atoms with Gasteiger partial charge < -0.3 is 14.8 Å². The standard InChI is InChI=1S/C26H29BrN2O5S/c1-6-8-34-24-19(27)11-18(12-20(24)33-7-2)13-21-25(31)29(26(32)35-21)14-22(30)28-23-16(4)9-15(3)10-17(23)5/h9-13H,6-8,14H2,1-5H3,(H,28,30)/b21-13-. The predicted octanol–water partition coefficient (Wildman–Crippen LogP) is 6.24. The molecule has 1 fully saturated rings. The number of benzene rings is 2. The van der Waals surface area contributed by atoms with Gasteiger partial charge in [-0.15, -0.1) is 0 Å². The summed E-state index contributed by atoms with van der Waals surface area (Å²) in [6.45, 7) is 10.3. The van der Waals surface area contributed by atoms with Crippen LogP contribution < -0.4 is 14.8 Å². The minimum Gasteiger partial charge on any atom is -0.490 e. The number of thioether (sulfide) groups is 1. The monoisotopic (exact) mass is 560 g/mol. The number of ether oxygens (including phenoxy) is 2. The molecule has 3 rings (SSSR count). The van der Waals surface area contributed by atoms with Gasteiger partial charge in [-0.3, -0.25) is 19.3 Å². The van der Waals surface area contributed by atoms with Crippen LogP contribution in [0.1, 0.15) is 42.5 Å².